The van der Waals surface area contributed by atoms with Crippen LogP contribution in [0.25, 0.3) is 0 Å². The number of rotatable bonds is 3. The second kappa shape index (κ2) is 5.70. The zero-order valence-electron chi connectivity index (χ0n) is 10.9. The van der Waals surface area contributed by atoms with Crippen molar-refractivity contribution in [2.45, 2.75) is 19.9 Å². The minimum atomic E-state index is -0.250. The van der Waals surface area contributed by atoms with Gasteiger partial charge in [0.25, 0.3) is 0 Å². The van der Waals surface area contributed by atoms with Crippen molar-refractivity contribution in [1.82, 2.24) is 5.43 Å². The fourth-order valence-corrected chi connectivity index (χ4v) is 2.41. The van der Waals surface area contributed by atoms with Crippen LogP contribution in [0.1, 0.15) is 28.3 Å². The molecule has 0 amide bonds. The molecule has 0 aromatic heterocycles. The maximum absolute atomic E-state index is 13.2. The lowest BCUT2D eigenvalue weighted by Gasteiger charge is -2.21. The number of nitrogens with two attached hydrogens (primary N) is 1. The number of hydrazine groups is 1. The van der Waals surface area contributed by atoms with Crippen LogP contribution in [-0.4, -0.2) is 0 Å². The van der Waals surface area contributed by atoms with E-state index in [0.717, 1.165) is 22.3 Å². The maximum Gasteiger partial charge on any atom is 0.123 e. The molecular formula is C15H16ClFN2. The van der Waals surface area contributed by atoms with Crippen LogP contribution in [0.5, 0.6) is 0 Å². The van der Waals surface area contributed by atoms with Gasteiger partial charge in [0.15, 0.2) is 0 Å². The Morgan fingerprint density at radius 2 is 1.79 bits per heavy atom. The molecule has 1 atom stereocenters. The van der Waals surface area contributed by atoms with Crippen molar-refractivity contribution in [2.75, 3.05) is 0 Å². The molecule has 0 heterocycles. The molecular weight excluding hydrogens is 263 g/mol. The summed E-state index contributed by atoms with van der Waals surface area (Å²) in [5.41, 5.74) is 6.64. The van der Waals surface area contributed by atoms with E-state index in [1.807, 2.05) is 32.0 Å². The first-order valence-electron chi connectivity index (χ1n) is 6.01. The highest BCUT2D eigenvalue weighted by atomic mass is 35.5. The Morgan fingerprint density at radius 1 is 1.05 bits per heavy atom. The molecule has 3 N–H and O–H groups in total. The highest BCUT2D eigenvalue weighted by Gasteiger charge is 2.17. The molecule has 2 aromatic rings. The summed E-state index contributed by atoms with van der Waals surface area (Å²) in [6, 6.07) is 10.1. The average molecular weight is 279 g/mol. The summed E-state index contributed by atoms with van der Waals surface area (Å²) in [7, 11) is 0. The number of aryl methyl sites for hydroxylation is 2. The lowest BCUT2D eigenvalue weighted by molar-refractivity contribution is 0.611. The molecule has 1 unspecified atom stereocenters. The fourth-order valence-electron chi connectivity index (χ4n) is 2.23. The normalized spacial score (nSPS) is 12.5. The number of halogens is 2. The Morgan fingerprint density at radius 3 is 2.42 bits per heavy atom. The van der Waals surface area contributed by atoms with Gasteiger partial charge in [0.1, 0.15) is 5.82 Å². The highest BCUT2D eigenvalue weighted by molar-refractivity contribution is 6.30. The van der Waals surface area contributed by atoms with Gasteiger partial charge in [-0.3, -0.25) is 5.84 Å². The molecule has 0 bridgehead atoms. The third-order valence-corrected chi connectivity index (χ3v) is 3.50. The Kier molecular flexibility index (Phi) is 4.20. The predicted molar refractivity (Wildman–Crippen MR) is 76.5 cm³/mol. The van der Waals surface area contributed by atoms with E-state index in [9.17, 15) is 4.39 Å². The number of hydrogen-bond acceptors (Lipinski definition) is 2. The van der Waals surface area contributed by atoms with Gasteiger partial charge in [-0.15, -0.1) is 0 Å². The van der Waals surface area contributed by atoms with Crippen molar-refractivity contribution in [1.29, 1.82) is 0 Å². The minimum absolute atomic E-state index is 0.209. The fraction of sp³-hybridized carbons (Fsp3) is 0.200. The van der Waals surface area contributed by atoms with Crippen LogP contribution in [0.4, 0.5) is 4.39 Å². The number of benzene rings is 2. The maximum atomic E-state index is 13.2. The van der Waals surface area contributed by atoms with Crippen molar-refractivity contribution >= 4 is 11.6 Å². The van der Waals surface area contributed by atoms with E-state index in [1.54, 1.807) is 6.07 Å². The van der Waals surface area contributed by atoms with Crippen molar-refractivity contribution in [2.24, 2.45) is 5.84 Å². The second-order valence-corrected chi connectivity index (χ2v) is 5.04. The molecule has 100 valence electrons. The van der Waals surface area contributed by atoms with Gasteiger partial charge in [-0.25, -0.2) is 9.82 Å². The summed E-state index contributed by atoms with van der Waals surface area (Å²) in [6.07, 6.45) is 0. The van der Waals surface area contributed by atoms with Gasteiger partial charge >= 0.3 is 0 Å². The van der Waals surface area contributed by atoms with E-state index in [2.05, 4.69) is 5.43 Å². The van der Waals surface area contributed by atoms with Gasteiger partial charge in [0.2, 0.25) is 0 Å². The molecule has 19 heavy (non-hydrogen) atoms. The lowest BCUT2D eigenvalue weighted by Crippen LogP contribution is -2.30. The van der Waals surface area contributed by atoms with Crippen molar-refractivity contribution in [3.8, 4) is 0 Å². The molecule has 0 radical (unpaired) electrons. The quantitative estimate of drug-likeness (QED) is 0.664. The Balaban J connectivity index is 2.52. The zero-order valence-corrected chi connectivity index (χ0v) is 11.6. The molecule has 2 nitrogen and oxygen atoms in total. The van der Waals surface area contributed by atoms with E-state index in [0.29, 0.717) is 5.02 Å². The van der Waals surface area contributed by atoms with Crippen LogP contribution in [0, 0.1) is 19.7 Å². The van der Waals surface area contributed by atoms with E-state index in [1.165, 1.54) is 12.1 Å². The SMILES string of the molecule is Cc1cc(F)ccc1C(NN)c1cc(Cl)ccc1C. The first-order valence-corrected chi connectivity index (χ1v) is 6.39. The molecule has 0 aliphatic carbocycles. The Bertz CT molecular complexity index is 599. The second-order valence-electron chi connectivity index (χ2n) is 4.60. The smallest absolute Gasteiger partial charge is 0.123 e. The summed E-state index contributed by atoms with van der Waals surface area (Å²) >= 11 is 6.04. The third kappa shape index (κ3) is 2.95. The van der Waals surface area contributed by atoms with Gasteiger partial charge in [-0.2, -0.15) is 0 Å². The molecule has 0 aliphatic heterocycles. The van der Waals surface area contributed by atoms with Crippen molar-refractivity contribution < 1.29 is 4.39 Å². The Labute approximate surface area is 117 Å². The first-order chi connectivity index (χ1) is 9.02. The van der Waals surface area contributed by atoms with E-state index in [-0.39, 0.29) is 11.9 Å². The topological polar surface area (TPSA) is 38.0 Å². The Hall–Kier alpha value is -1.42. The van der Waals surface area contributed by atoms with Gasteiger partial charge in [-0.05, 0) is 60.4 Å². The van der Waals surface area contributed by atoms with Crippen LogP contribution in [0.15, 0.2) is 36.4 Å². The van der Waals surface area contributed by atoms with Crippen LogP contribution in [0.3, 0.4) is 0 Å². The number of hydrogen-bond donors (Lipinski definition) is 2. The zero-order chi connectivity index (χ0) is 14.0. The standard InChI is InChI=1S/C15H16ClFN2/c1-9-3-4-11(16)8-14(9)15(19-18)13-6-5-12(17)7-10(13)2/h3-8,15,19H,18H2,1-2H3. The highest BCUT2D eigenvalue weighted by Crippen LogP contribution is 2.29. The molecule has 0 saturated heterocycles. The van der Waals surface area contributed by atoms with E-state index < -0.39 is 0 Å². The van der Waals surface area contributed by atoms with Gasteiger partial charge in [0.05, 0.1) is 6.04 Å². The molecule has 2 rings (SSSR count). The minimum Gasteiger partial charge on any atom is -0.271 e. The van der Waals surface area contributed by atoms with E-state index >= 15 is 0 Å². The first kappa shape index (κ1) is 14.0. The summed E-state index contributed by atoms with van der Waals surface area (Å²) < 4.78 is 13.2. The molecule has 2 aromatic carbocycles. The lowest BCUT2D eigenvalue weighted by atomic mass is 9.92. The van der Waals surface area contributed by atoms with Gasteiger partial charge in [-0.1, -0.05) is 23.7 Å². The van der Waals surface area contributed by atoms with Crippen LogP contribution in [-0.2, 0) is 0 Å². The van der Waals surface area contributed by atoms with Crippen LogP contribution in [0.2, 0.25) is 5.02 Å². The van der Waals surface area contributed by atoms with E-state index in [4.69, 9.17) is 17.4 Å². The third-order valence-electron chi connectivity index (χ3n) is 3.26. The van der Waals surface area contributed by atoms with Gasteiger partial charge in [0, 0.05) is 5.02 Å². The largest absolute Gasteiger partial charge is 0.271 e. The summed E-state index contributed by atoms with van der Waals surface area (Å²) in [5.74, 6) is 5.43. The monoisotopic (exact) mass is 278 g/mol. The van der Waals surface area contributed by atoms with Crippen molar-refractivity contribution in [3.05, 3.63) is 69.5 Å². The molecule has 4 heteroatoms. The average Bonchev–Trinajstić information content (AvgIpc) is 2.36. The number of nitrogens with one attached hydrogen (secondary N) is 1. The van der Waals surface area contributed by atoms with Crippen LogP contribution < -0.4 is 11.3 Å². The summed E-state index contributed by atoms with van der Waals surface area (Å²) in [4.78, 5) is 0. The summed E-state index contributed by atoms with van der Waals surface area (Å²) in [6.45, 7) is 3.86. The van der Waals surface area contributed by atoms with Gasteiger partial charge < -0.3 is 0 Å². The van der Waals surface area contributed by atoms with Crippen LogP contribution >= 0.6 is 11.6 Å². The predicted octanol–water partition coefficient (Wildman–Crippen LogP) is 3.65. The molecule has 0 spiro atoms. The molecule has 0 aliphatic rings. The molecule has 0 fully saturated rings. The molecule has 0 saturated carbocycles. The summed E-state index contributed by atoms with van der Waals surface area (Å²) in [5, 5.41) is 0.653. The van der Waals surface area contributed by atoms with Crippen molar-refractivity contribution in [3.63, 3.8) is 0 Å².